The minimum Gasteiger partial charge on any atom is -0.306 e. The van der Waals surface area contributed by atoms with Crippen LogP contribution in [0.25, 0.3) is 27.9 Å². The molecule has 0 aliphatic carbocycles. The molecule has 0 amide bonds. The van der Waals surface area contributed by atoms with E-state index < -0.39 is 10.0 Å². The van der Waals surface area contributed by atoms with Crippen molar-refractivity contribution >= 4 is 42.8 Å². The number of benzene rings is 1. The normalized spacial score (nSPS) is 12.0. The first-order chi connectivity index (χ1) is 14.0. The SMILES string of the molecule is O=S(=O)(Cc1ccccc1)n1cc(-c2ccc3nccn3c2)c2nc(Br)cnc21. The third kappa shape index (κ3) is 3.22. The summed E-state index contributed by atoms with van der Waals surface area (Å²) in [4.78, 5) is 13.1. The Labute approximate surface area is 174 Å². The highest BCUT2D eigenvalue weighted by atomic mass is 79.9. The minimum atomic E-state index is -3.69. The summed E-state index contributed by atoms with van der Waals surface area (Å²) in [5.41, 5.74) is 3.82. The number of imidazole rings is 1. The van der Waals surface area contributed by atoms with Crippen LogP contribution in [0.15, 0.2) is 78.1 Å². The Hall–Kier alpha value is -3.04. The van der Waals surface area contributed by atoms with Gasteiger partial charge in [0, 0.05) is 35.9 Å². The molecule has 0 aliphatic heterocycles. The maximum Gasteiger partial charge on any atom is 0.244 e. The molecule has 144 valence electrons. The third-order valence-electron chi connectivity index (χ3n) is 4.63. The van der Waals surface area contributed by atoms with Gasteiger partial charge in [-0.25, -0.2) is 27.3 Å². The number of hydrogen-bond acceptors (Lipinski definition) is 5. The first-order valence-electron chi connectivity index (χ1n) is 8.75. The number of halogens is 1. The largest absolute Gasteiger partial charge is 0.306 e. The Kier molecular flexibility index (Phi) is 4.21. The van der Waals surface area contributed by atoms with Gasteiger partial charge in [-0.1, -0.05) is 30.3 Å². The lowest BCUT2D eigenvalue weighted by Crippen LogP contribution is -2.14. The van der Waals surface area contributed by atoms with Gasteiger partial charge in [-0.3, -0.25) is 0 Å². The zero-order chi connectivity index (χ0) is 20.0. The summed E-state index contributed by atoms with van der Waals surface area (Å²) in [5, 5.41) is 0. The molecular weight excluding hydrogens is 454 g/mol. The number of hydrogen-bond donors (Lipinski definition) is 0. The van der Waals surface area contributed by atoms with Gasteiger partial charge in [0.05, 0.1) is 11.9 Å². The summed E-state index contributed by atoms with van der Waals surface area (Å²) in [6.07, 6.45) is 8.54. The molecule has 5 rings (SSSR count). The first kappa shape index (κ1) is 18.0. The Morgan fingerprint density at radius 2 is 1.83 bits per heavy atom. The number of pyridine rings is 1. The lowest BCUT2D eigenvalue weighted by atomic mass is 10.1. The van der Waals surface area contributed by atoms with Crippen molar-refractivity contribution < 1.29 is 8.42 Å². The molecule has 0 aliphatic rings. The van der Waals surface area contributed by atoms with Crippen molar-refractivity contribution in [1.82, 2.24) is 23.3 Å². The molecular formula is C20H14BrN5O2S. The predicted octanol–water partition coefficient (Wildman–Crippen LogP) is 3.89. The summed E-state index contributed by atoms with van der Waals surface area (Å²) >= 11 is 3.34. The predicted molar refractivity (Wildman–Crippen MR) is 114 cm³/mol. The highest BCUT2D eigenvalue weighted by molar-refractivity contribution is 9.10. The van der Waals surface area contributed by atoms with E-state index in [0.717, 1.165) is 11.2 Å². The molecule has 0 bridgehead atoms. The molecule has 0 saturated carbocycles. The van der Waals surface area contributed by atoms with E-state index in [-0.39, 0.29) is 5.75 Å². The molecule has 4 aromatic heterocycles. The highest BCUT2D eigenvalue weighted by Crippen LogP contribution is 2.31. The van der Waals surface area contributed by atoms with Gasteiger partial charge in [-0.15, -0.1) is 0 Å². The lowest BCUT2D eigenvalue weighted by molar-refractivity contribution is 0.588. The van der Waals surface area contributed by atoms with E-state index in [1.807, 2.05) is 47.1 Å². The monoisotopic (exact) mass is 467 g/mol. The fourth-order valence-corrected chi connectivity index (χ4v) is 5.00. The van der Waals surface area contributed by atoms with Crippen LogP contribution in [0.1, 0.15) is 5.56 Å². The van der Waals surface area contributed by atoms with E-state index in [1.165, 1.54) is 10.2 Å². The zero-order valence-corrected chi connectivity index (χ0v) is 17.4. The maximum absolute atomic E-state index is 13.2. The quantitative estimate of drug-likeness (QED) is 0.400. The van der Waals surface area contributed by atoms with Gasteiger partial charge >= 0.3 is 0 Å². The number of nitrogens with zero attached hydrogens (tertiary/aromatic N) is 5. The molecule has 5 aromatic rings. The van der Waals surface area contributed by atoms with Crippen LogP contribution >= 0.6 is 15.9 Å². The molecule has 7 nitrogen and oxygen atoms in total. The Bertz CT molecular complexity index is 1460. The maximum atomic E-state index is 13.2. The van der Waals surface area contributed by atoms with Crippen molar-refractivity contribution in [3.8, 4) is 11.1 Å². The standard InChI is InChI=1S/C20H14BrN5O2S/c21-17-10-23-20-19(24-17)16(15-6-7-18-22-8-9-25(18)11-15)12-26(20)29(27,28)13-14-4-2-1-3-5-14/h1-12H,13H2. The van der Waals surface area contributed by atoms with E-state index in [9.17, 15) is 8.42 Å². The van der Waals surface area contributed by atoms with Crippen molar-refractivity contribution in [1.29, 1.82) is 0 Å². The minimum absolute atomic E-state index is 0.130. The summed E-state index contributed by atoms with van der Waals surface area (Å²) in [7, 11) is -3.69. The fourth-order valence-electron chi connectivity index (χ4n) is 3.30. The van der Waals surface area contributed by atoms with Gasteiger partial charge in [0.15, 0.2) is 5.65 Å². The Morgan fingerprint density at radius 1 is 1.00 bits per heavy atom. The second-order valence-corrected chi connectivity index (χ2v) is 9.21. The molecule has 0 radical (unpaired) electrons. The second kappa shape index (κ2) is 6.78. The average molecular weight is 468 g/mol. The lowest BCUT2D eigenvalue weighted by Gasteiger charge is -2.06. The number of rotatable bonds is 4. The Morgan fingerprint density at radius 3 is 2.66 bits per heavy atom. The van der Waals surface area contributed by atoms with Crippen molar-refractivity contribution in [2.45, 2.75) is 5.75 Å². The van der Waals surface area contributed by atoms with E-state index in [1.54, 1.807) is 24.5 Å². The van der Waals surface area contributed by atoms with Crippen LogP contribution in [-0.4, -0.2) is 31.7 Å². The molecule has 0 saturated heterocycles. The first-order valence-corrected chi connectivity index (χ1v) is 11.2. The molecule has 0 unspecified atom stereocenters. The van der Waals surface area contributed by atoms with Gasteiger partial charge < -0.3 is 4.40 Å². The molecule has 0 spiro atoms. The van der Waals surface area contributed by atoms with Crippen LogP contribution in [0.2, 0.25) is 0 Å². The van der Waals surface area contributed by atoms with Crippen LogP contribution in [0.4, 0.5) is 0 Å². The second-order valence-electron chi connectivity index (χ2n) is 6.56. The van der Waals surface area contributed by atoms with Gasteiger partial charge in [-0.05, 0) is 33.6 Å². The van der Waals surface area contributed by atoms with E-state index in [0.29, 0.717) is 26.9 Å². The topological polar surface area (TPSA) is 82.2 Å². The fraction of sp³-hybridized carbons (Fsp3) is 0.0500. The number of fused-ring (bicyclic) bond motifs is 2. The third-order valence-corrected chi connectivity index (χ3v) is 6.58. The van der Waals surface area contributed by atoms with Crippen LogP contribution in [0, 0.1) is 0 Å². The molecule has 9 heteroatoms. The average Bonchev–Trinajstić information content (AvgIpc) is 3.32. The van der Waals surface area contributed by atoms with Gasteiger partial charge in [0.25, 0.3) is 0 Å². The molecule has 1 aromatic carbocycles. The van der Waals surface area contributed by atoms with Crippen LogP contribution < -0.4 is 0 Å². The van der Waals surface area contributed by atoms with Crippen molar-refractivity contribution in [3.63, 3.8) is 0 Å². The van der Waals surface area contributed by atoms with Crippen molar-refractivity contribution in [2.75, 3.05) is 0 Å². The molecule has 0 fully saturated rings. The van der Waals surface area contributed by atoms with Crippen LogP contribution in [-0.2, 0) is 15.8 Å². The van der Waals surface area contributed by atoms with Gasteiger partial charge in [-0.2, -0.15) is 0 Å². The van der Waals surface area contributed by atoms with E-state index >= 15 is 0 Å². The van der Waals surface area contributed by atoms with E-state index in [2.05, 4.69) is 30.9 Å². The van der Waals surface area contributed by atoms with Crippen LogP contribution in [0.3, 0.4) is 0 Å². The summed E-state index contributed by atoms with van der Waals surface area (Å²) in [6, 6.07) is 12.9. The summed E-state index contributed by atoms with van der Waals surface area (Å²) < 4.78 is 30.0. The summed E-state index contributed by atoms with van der Waals surface area (Å²) in [6.45, 7) is 0. The number of aromatic nitrogens is 5. The summed E-state index contributed by atoms with van der Waals surface area (Å²) in [5.74, 6) is -0.130. The molecule has 4 heterocycles. The van der Waals surface area contributed by atoms with Crippen LogP contribution in [0.5, 0.6) is 0 Å². The smallest absolute Gasteiger partial charge is 0.244 e. The Balaban J connectivity index is 1.71. The van der Waals surface area contributed by atoms with E-state index in [4.69, 9.17) is 0 Å². The highest BCUT2D eigenvalue weighted by Gasteiger charge is 2.22. The van der Waals surface area contributed by atoms with Crippen molar-refractivity contribution in [2.24, 2.45) is 0 Å². The molecule has 0 atom stereocenters. The zero-order valence-electron chi connectivity index (χ0n) is 15.0. The van der Waals surface area contributed by atoms with Crippen molar-refractivity contribution in [3.05, 3.63) is 83.6 Å². The van der Waals surface area contributed by atoms with Gasteiger partial charge in [0.1, 0.15) is 15.8 Å². The van der Waals surface area contributed by atoms with Gasteiger partial charge in [0.2, 0.25) is 10.0 Å². The molecule has 29 heavy (non-hydrogen) atoms. The molecule has 0 N–H and O–H groups in total.